The quantitative estimate of drug-likeness (QED) is 0.864. The Morgan fingerprint density at radius 3 is 2.55 bits per heavy atom. The second-order valence-corrected chi connectivity index (χ2v) is 6.12. The van der Waals surface area contributed by atoms with Crippen molar-refractivity contribution in [3.05, 3.63) is 45.6 Å². The molecular weight excluding hydrogens is 268 g/mol. The number of carbonyl (C=O) groups excluding carboxylic acids is 1. The number of rotatable bonds is 4. The van der Waals surface area contributed by atoms with E-state index in [1.54, 1.807) is 16.2 Å². The topological polar surface area (TPSA) is 46.3 Å². The number of nitrogens with two attached hydrogens (primary N) is 1. The molecule has 1 aromatic carbocycles. The molecule has 2 aromatic rings. The maximum Gasteiger partial charge on any atom is 0.268 e. The zero-order valence-corrected chi connectivity index (χ0v) is 13.0. The molecule has 0 unspecified atom stereocenters. The van der Waals surface area contributed by atoms with E-state index in [2.05, 4.69) is 6.92 Å². The Bertz CT molecular complexity index is 599. The van der Waals surface area contributed by atoms with Gasteiger partial charge in [0.05, 0.1) is 16.3 Å². The highest BCUT2D eigenvalue weighted by Crippen LogP contribution is 2.28. The van der Waals surface area contributed by atoms with Crippen LogP contribution in [0.4, 0.5) is 11.4 Å². The van der Waals surface area contributed by atoms with Gasteiger partial charge in [0, 0.05) is 11.4 Å². The molecule has 4 heteroatoms. The van der Waals surface area contributed by atoms with Gasteiger partial charge in [0.25, 0.3) is 5.91 Å². The van der Waals surface area contributed by atoms with Gasteiger partial charge in [-0.3, -0.25) is 4.79 Å². The van der Waals surface area contributed by atoms with Gasteiger partial charge in [-0.2, -0.15) is 0 Å². The standard InChI is InChI=1S/C16H20N2OS/c1-4-9-18(14-8-6-5-7-13(14)17)16(19)15-10-11(2)12(3)20-15/h5-8,10H,4,9,17H2,1-3H3. The van der Waals surface area contributed by atoms with Gasteiger partial charge in [-0.05, 0) is 44.0 Å². The molecule has 0 fully saturated rings. The number of hydrogen-bond acceptors (Lipinski definition) is 3. The second kappa shape index (κ2) is 6.09. The molecule has 1 aromatic heterocycles. The average molecular weight is 288 g/mol. The SMILES string of the molecule is CCCN(C(=O)c1cc(C)c(C)s1)c1ccccc1N. The Balaban J connectivity index is 2.38. The molecule has 20 heavy (non-hydrogen) atoms. The third-order valence-electron chi connectivity index (χ3n) is 3.30. The Kier molecular flexibility index (Phi) is 4.45. The van der Waals surface area contributed by atoms with E-state index < -0.39 is 0 Å². The van der Waals surface area contributed by atoms with Gasteiger partial charge in [-0.1, -0.05) is 19.1 Å². The summed E-state index contributed by atoms with van der Waals surface area (Å²) in [6, 6.07) is 9.48. The second-order valence-electron chi connectivity index (χ2n) is 4.87. The van der Waals surface area contributed by atoms with E-state index in [0.29, 0.717) is 12.2 Å². The molecule has 0 bridgehead atoms. The van der Waals surface area contributed by atoms with E-state index in [9.17, 15) is 4.79 Å². The Morgan fingerprint density at radius 1 is 1.30 bits per heavy atom. The molecule has 0 saturated heterocycles. The van der Waals surface area contributed by atoms with Crippen LogP contribution < -0.4 is 10.6 Å². The highest BCUT2D eigenvalue weighted by atomic mass is 32.1. The highest BCUT2D eigenvalue weighted by molar-refractivity contribution is 7.14. The summed E-state index contributed by atoms with van der Waals surface area (Å²) in [5.74, 6) is 0.0333. The van der Waals surface area contributed by atoms with E-state index in [-0.39, 0.29) is 5.91 Å². The van der Waals surface area contributed by atoms with Gasteiger partial charge < -0.3 is 10.6 Å². The smallest absolute Gasteiger partial charge is 0.268 e. The van der Waals surface area contributed by atoms with Gasteiger partial charge in [-0.25, -0.2) is 0 Å². The molecule has 2 rings (SSSR count). The first-order valence-electron chi connectivity index (χ1n) is 6.78. The number of nitrogen functional groups attached to an aromatic ring is 1. The number of benzene rings is 1. The Labute approximate surface area is 124 Å². The molecule has 0 atom stereocenters. The molecule has 0 radical (unpaired) electrons. The molecule has 0 aliphatic carbocycles. The van der Waals surface area contributed by atoms with Crippen molar-refractivity contribution < 1.29 is 4.79 Å². The monoisotopic (exact) mass is 288 g/mol. The van der Waals surface area contributed by atoms with E-state index in [0.717, 1.165) is 22.5 Å². The van der Waals surface area contributed by atoms with Crippen molar-refractivity contribution in [3.8, 4) is 0 Å². The van der Waals surface area contributed by atoms with Crippen LogP contribution in [0.3, 0.4) is 0 Å². The van der Waals surface area contributed by atoms with Gasteiger partial charge in [0.2, 0.25) is 0 Å². The number of nitrogens with zero attached hydrogens (tertiary/aromatic N) is 1. The number of anilines is 2. The lowest BCUT2D eigenvalue weighted by Crippen LogP contribution is -2.31. The summed E-state index contributed by atoms with van der Waals surface area (Å²) in [7, 11) is 0. The number of para-hydroxylation sites is 2. The normalized spacial score (nSPS) is 10.6. The maximum absolute atomic E-state index is 12.7. The Morgan fingerprint density at radius 2 is 2.00 bits per heavy atom. The van der Waals surface area contributed by atoms with Crippen LogP contribution in [0.5, 0.6) is 0 Å². The fourth-order valence-electron chi connectivity index (χ4n) is 2.10. The predicted molar refractivity (Wildman–Crippen MR) is 86.6 cm³/mol. The maximum atomic E-state index is 12.7. The van der Waals surface area contributed by atoms with Crippen LogP contribution in [0, 0.1) is 13.8 Å². The summed E-state index contributed by atoms with van der Waals surface area (Å²) in [4.78, 5) is 16.5. The average Bonchev–Trinajstić information content (AvgIpc) is 2.76. The summed E-state index contributed by atoms with van der Waals surface area (Å²) in [6.45, 7) is 6.80. The minimum absolute atomic E-state index is 0.0333. The van der Waals surface area contributed by atoms with E-state index in [1.807, 2.05) is 44.2 Å². The summed E-state index contributed by atoms with van der Waals surface area (Å²) in [6.07, 6.45) is 0.892. The molecule has 1 heterocycles. The van der Waals surface area contributed by atoms with Crippen LogP contribution in [0.25, 0.3) is 0 Å². The molecule has 0 aliphatic heterocycles. The van der Waals surface area contributed by atoms with Crippen molar-refractivity contribution >= 4 is 28.6 Å². The lowest BCUT2D eigenvalue weighted by molar-refractivity contribution is 0.0991. The van der Waals surface area contributed by atoms with Crippen molar-refractivity contribution in [1.82, 2.24) is 0 Å². The lowest BCUT2D eigenvalue weighted by Gasteiger charge is -2.23. The number of aryl methyl sites for hydroxylation is 2. The van der Waals surface area contributed by atoms with Crippen molar-refractivity contribution in [2.24, 2.45) is 0 Å². The summed E-state index contributed by atoms with van der Waals surface area (Å²) in [5, 5.41) is 0. The third-order valence-corrected chi connectivity index (χ3v) is 4.44. The number of carbonyl (C=O) groups is 1. The third kappa shape index (κ3) is 2.85. The molecule has 106 valence electrons. The lowest BCUT2D eigenvalue weighted by atomic mass is 10.2. The molecule has 1 amide bonds. The summed E-state index contributed by atoms with van der Waals surface area (Å²) >= 11 is 1.55. The van der Waals surface area contributed by atoms with Crippen molar-refractivity contribution in [2.45, 2.75) is 27.2 Å². The first kappa shape index (κ1) is 14.6. The minimum Gasteiger partial charge on any atom is -0.397 e. The van der Waals surface area contributed by atoms with E-state index >= 15 is 0 Å². The van der Waals surface area contributed by atoms with Crippen LogP contribution >= 0.6 is 11.3 Å². The fourth-order valence-corrected chi connectivity index (χ4v) is 3.08. The molecular formula is C16H20N2OS. The summed E-state index contributed by atoms with van der Waals surface area (Å²) < 4.78 is 0. The van der Waals surface area contributed by atoms with Gasteiger partial charge in [-0.15, -0.1) is 11.3 Å². The van der Waals surface area contributed by atoms with Crippen LogP contribution in [0.15, 0.2) is 30.3 Å². The molecule has 0 saturated carbocycles. The van der Waals surface area contributed by atoms with Gasteiger partial charge in [0.1, 0.15) is 0 Å². The van der Waals surface area contributed by atoms with Crippen LogP contribution in [-0.4, -0.2) is 12.5 Å². The minimum atomic E-state index is 0.0333. The number of thiophene rings is 1. The highest BCUT2D eigenvalue weighted by Gasteiger charge is 2.20. The van der Waals surface area contributed by atoms with Crippen LogP contribution in [0.1, 0.15) is 33.5 Å². The zero-order valence-electron chi connectivity index (χ0n) is 12.1. The molecule has 2 N–H and O–H groups in total. The van der Waals surface area contributed by atoms with Crippen molar-refractivity contribution in [3.63, 3.8) is 0 Å². The number of amides is 1. The first-order chi connectivity index (χ1) is 9.54. The van der Waals surface area contributed by atoms with E-state index in [4.69, 9.17) is 5.73 Å². The van der Waals surface area contributed by atoms with Crippen LogP contribution in [0.2, 0.25) is 0 Å². The fraction of sp³-hybridized carbons (Fsp3) is 0.312. The largest absolute Gasteiger partial charge is 0.397 e. The van der Waals surface area contributed by atoms with Crippen LogP contribution in [-0.2, 0) is 0 Å². The van der Waals surface area contributed by atoms with Gasteiger partial charge >= 0.3 is 0 Å². The van der Waals surface area contributed by atoms with Crippen molar-refractivity contribution in [2.75, 3.05) is 17.2 Å². The Hall–Kier alpha value is -1.81. The van der Waals surface area contributed by atoms with Gasteiger partial charge in [0.15, 0.2) is 0 Å². The molecule has 0 aliphatic rings. The molecule has 3 nitrogen and oxygen atoms in total. The van der Waals surface area contributed by atoms with E-state index in [1.165, 1.54) is 4.88 Å². The zero-order chi connectivity index (χ0) is 14.7. The predicted octanol–water partition coefficient (Wildman–Crippen LogP) is 4.00. The first-order valence-corrected chi connectivity index (χ1v) is 7.59. The number of hydrogen-bond donors (Lipinski definition) is 1. The van der Waals surface area contributed by atoms with Crippen molar-refractivity contribution in [1.29, 1.82) is 0 Å². The molecule has 0 spiro atoms. The summed E-state index contributed by atoms with van der Waals surface area (Å²) in [5.41, 5.74) is 8.61.